The maximum Gasteiger partial charge on any atom is 0.119 e. The molecule has 106 valence electrons. The molecule has 0 amide bonds. The second-order valence-corrected chi connectivity index (χ2v) is 5.53. The number of ether oxygens (including phenoxy) is 1. The first-order chi connectivity index (χ1) is 9.11. The summed E-state index contributed by atoms with van der Waals surface area (Å²) in [6, 6.07) is 8.21. The van der Waals surface area contributed by atoms with E-state index < -0.39 is 0 Å². The second kappa shape index (κ2) is 5.80. The number of nitrogens with two attached hydrogens (primary N) is 1. The van der Waals surface area contributed by atoms with Gasteiger partial charge < -0.3 is 20.3 Å². The van der Waals surface area contributed by atoms with Gasteiger partial charge in [0.2, 0.25) is 0 Å². The lowest BCUT2D eigenvalue weighted by atomic mass is 9.87. The minimum Gasteiger partial charge on any atom is -0.497 e. The monoisotopic (exact) mass is 263 g/mol. The molecule has 1 unspecified atom stereocenters. The Bertz CT molecular complexity index is 406. The van der Waals surface area contributed by atoms with Crippen molar-refractivity contribution < 1.29 is 4.74 Å². The van der Waals surface area contributed by atoms with Crippen LogP contribution in [-0.2, 0) is 0 Å². The number of likely N-dealkylation sites (tertiary alicyclic amines) is 1. The Hall–Kier alpha value is -1.26. The van der Waals surface area contributed by atoms with Crippen LogP contribution in [0.3, 0.4) is 0 Å². The molecular weight excluding hydrogens is 238 g/mol. The molecule has 0 bridgehead atoms. The van der Waals surface area contributed by atoms with Gasteiger partial charge >= 0.3 is 0 Å². The lowest BCUT2D eigenvalue weighted by Crippen LogP contribution is -2.61. The van der Waals surface area contributed by atoms with Crippen LogP contribution in [0, 0.1) is 0 Å². The number of rotatable bonds is 4. The minimum atomic E-state index is 0.0432. The molecule has 0 spiro atoms. The van der Waals surface area contributed by atoms with Gasteiger partial charge in [0.15, 0.2) is 0 Å². The molecule has 1 aromatic rings. The summed E-state index contributed by atoms with van der Waals surface area (Å²) in [7, 11) is 6.01. The molecular formula is C15H25N3O. The lowest BCUT2D eigenvalue weighted by Gasteiger charge is -2.48. The summed E-state index contributed by atoms with van der Waals surface area (Å²) in [5.74, 6) is 0.889. The van der Waals surface area contributed by atoms with Crippen molar-refractivity contribution in [2.75, 3.05) is 45.7 Å². The summed E-state index contributed by atoms with van der Waals surface area (Å²) in [4.78, 5) is 4.71. The van der Waals surface area contributed by atoms with Crippen LogP contribution in [0.4, 0.5) is 5.69 Å². The van der Waals surface area contributed by atoms with Gasteiger partial charge in [-0.1, -0.05) is 0 Å². The van der Waals surface area contributed by atoms with Crippen molar-refractivity contribution in [1.82, 2.24) is 4.90 Å². The van der Waals surface area contributed by atoms with E-state index in [1.54, 1.807) is 7.11 Å². The van der Waals surface area contributed by atoms with Crippen LogP contribution in [0.15, 0.2) is 24.3 Å². The van der Waals surface area contributed by atoms with Gasteiger partial charge in [-0.2, -0.15) is 0 Å². The van der Waals surface area contributed by atoms with Crippen molar-refractivity contribution in [2.24, 2.45) is 5.73 Å². The topological polar surface area (TPSA) is 41.7 Å². The Labute approximate surface area is 116 Å². The van der Waals surface area contributed by atoms with Crippen LogP contribution < -0.4 is 15.4 Å². The Balaban J connectivity index is 2.21. The van der Waals surface area contributed by atoms with E-state index in [4.69, 9.17) is 10.5 Å². The number of likely N-dealkylation sites (N-methyl/N-ethyl adjacent to an activating group) is 2. The molecule has 4 heteroatoms. The van der Waals surface area contributed by atoms with Gasteiger partial charge in [0.25, 0.3) is 0 Å². The van der Waals surface area contributed by atoms with E-state index in [0.717, 1.165) is 25.3 Å². The largest absolute Gasteiger partial charge is 0.497 e. The number of nitrogens with zero attached hydrogens (tertiary/aromatic N) is 2. The summed E-state index contributed by atoms with van der Waals surface area (Å²) in [6.07, 6.45) is 2.35. The predicted octanol–water partition coefficient (Wildman–Crippen LogP) is 1.55. The van der Waals surface area contributed by atoms with E-state index in [1.165, 1.54) is 12.1 Å². The summed E-state index contributed by atoms with van der Waals surface area (Å²) in [5.41, 5.74) is 7.34. The molecule has 0 radical (unpaired) electrons. The molecule has 1 fully saturated rings. The molecule has 2 rings (SSSR count). The molecule has 19 heavy (non-hydrogen) atoms. The van der Waals surface area contributed by atoms with E-state index in [-0.39, 0.29) is 5.54 Å². The zero-order valence-electron chi connectivity index (χ0n) is 12.2. The van der Waals surface area contributed by atoms with Gasteiger partial charge in [-0.15, -0.1) is 0 Å². The van der Waals surface area contributed by atoms with Gasteiger partial charge in [0.05, 0.1) is 12.6 Å². The summed E-state index contributed by atoms with van der Waals surface area (Å²) in [6.45, 7) is 2.87. The fourth-order valence-electron chi connectivity index (χ4n) is 3.00. The highest BCUT2D eigenvalue weighted by Crippen LogP contribution is 2.30. The van der Waals surface area contributed by atoms with Crippen LogP contribution in [0.2, 0.25) is 0 Å². The summed E-state index contributed by atoms with van der Waals surface area (Å²) < 4.78 is 5.21. The second-order valence-electron chi connectivity index (χ2n) is 5.53. The van der Waals surface area contributed by atoms with E-state index in [9.17, 15) is 0 Å². The SMILES string of the molecule is COc1ccc(N(C)C2(CN)CCCN(C)C2)cc1. The predicted molar refractivity (Wildman–Crippen MR) is 79.9 cm³/mol. The average molecular weight is 263 g/mol. The Morgan fingerprint density at radius 2 is 2.05 bits per heavy atom. The maximum absolute atomic E-state index is 6.10. The Morgan fingerprint density at radius 3 is 2.58 bits per heavy atom. The zero-order chi connectivity index (χ0) is 13.9. The maximum atomic E-state index is 6.10. The Morgan fingerprint density at radius 1 is 1.37 bits per heavy atom. The third kappa shape index (κ3) is 2.85. The van der Waals surface area contributed by atoms with Crippen molar-refractivity contribution >= 4 is 5.69 Å². The molecule has 1 aliphatic heterocycles. The minimum absolute atomic E-state index is 0.0432. The first-order valence-corrected chi connectivity index (χ1v) is 6.88. The molecule has 2 N–H and O–H groups in total. The van der Waals surface area contributed by atoms with Crippen LogP contribution in [0.5, 0.6) is 5.75 Å². The van der Waals surface area contributed by atoms with Gasteiger partial charge in [-0.3, -0.25) is 0 Å². The van der Waals surface area contributed by atoms with Crippen LogP contribution in [0.1, 0.15) is 12.8 Å². The van der Waals surface area contributed by atoms with Gasteiger partial charge in [-0.25, -0.2) is 0 Å². The van der Waals surface area contributed by atoms with Crippen molar-refractivity contribution in [2.45, 2.75) is 18.4 Å². The smallest absolute Gasteiger partial charge is 0.119 e. The first kappa shape index (κ1) is 14.2. The van der Waals surface area contributed by atoms with Gasteiger partial charge in [0.1, 0.15) is 5.75 Å². The Kier molecular flexibility index (Phi) is 4.32. The molecule has 1 aliphatic rings. The third-order valence-electron chi connectivity index (χ3n) is 4.30. The highest BCUT2D eigenvalue weighted by atomic mass is 16.5. The van der Waals surface area contributed by atoms with Crippen LogP contribution in [0.25, 0.3) is 0 Å². The van der Waals surface area contributed by atoms with Crippen molar-refractivity contribution in [3.05, 3.63) is 24.3 Å². The van der Waals surface area contributed by atoms with E-state index >= 15 is 0 Å². The third-order valence-corrected chi connectivity index (χ3v) is 4.30. The van der Waals surface area contributed by atoms with Gasteiger partial charge in [0, 0.05) is 25.8 Å². The van der Waals surface area contributed by atoms with Gasteiger partial charge in [-0.05, 0) is 50.7 Å². The number of benzene rings is 1. The van der Waals surface area contributed by atoms with Crippen molar-refractivity contribution in [1.29, 1.82) is 0 Å². The summed E-state index contributed by atoms with van der Waals surface area (Å²) >= 11 is 0. The van der Waals surface area contributed by atoms with E-state index in [0.29, 0.717) is 6.54 Å². The van der Waals surface area contributed by atoms with E-state index in [2.05, 4.69) is 36.0 Å². The molecule has 0 aliphatic carbocycles. The molecule has 1 saturated heterocycles. The fraction of sp³-hybridized carbons (Fsp3) is 0.600. The molecule has 1 heterocycles. The quantitative estimate of drug-likeness (QED) is 0.895. The van der Waals surface area contributed by atoms with Crippen LogP contribution >= 0.6 is 0 Å². The number of hydrogen-bond donors (Lipinski definition) is 1. The molecule has 1 atom stereocenters. The highest BCUT2D eigenvalue weighted by molar-refractivity contribution is 5.51. The standard InChI is InChI=1S/C15H25N3O/c1-17-10-4-9-15(11-16,12-17)18(2)13-5-7-14(19-3)8-6-13/h5-8H,4,9-12,16H2,1-3H3. The number of anilines is 1. The highest BCUT2D eigenvalue weighted by Gasteiger charge is 2.37. The number of piperidine rings is 1. The molecule has 0 aromatic heterocycles. The number of hydrogen-bond acceptors (Lipinski definition) is 4. The average Bonchev–Trinajstić information content (AvgIpc) is 2.46. The van der Waals surface area contributed by atoms with E-state index in [1.807, 2.05) is 12.1 Å². The summed E-state index contributed by atoms with van der Waals surface area (Å²) in [5, 5.41) is 0. The molecule has 4 nitrogen and oxygen atoms in total. The molecule has 0 saturated carbocycles. The van der Waals surface area contributed by atoms with Crippen molar-refractivity contribution in [3.63, 3.8) is 0 Å². The zero-order valence-corrected chi connectivity index (χ0v) is 12.2. The lowest BCUT2D eigenvalue weighted by molar-refractivity contribution is 0.178. The first-order valence-electron chi connectivity index (χ1n) is 6.88. The normalized spacial score (nSPS) is 24.2. The molecule has 1 aromatic carbocycles. The fourth-order valence-corrected chi connectivity index (χ4v) is 3.00. The van der Waals surface area contributed by atoms with Crippen molar-refractivity contribution in [3.8, 4) is 5.75 Å². The number of methoxy groups -OCH3 is 1. The van der Waals surface area contributed by atoms with Crippen LogP contribution in [-0.4, -0.2) is 51.3 Å².